The first-order chi connectivity index (χ1) is 7.08. The summed E-state index contributed by atoms with van der Waals surface area (Å²) in [6.07, 6.45) is 2.16. The van der Waals surface area contributed by atoms with Gasteiger partial charge < -0.3 is 10.1 Å². The van der Waals surface area contributed by atoms with E-state index in [1.165, 1.54) is 12.3 Å². The lowest BCUT2D eigenvalue weighted by Gasteiger charge is -2.02. The molecule has 2 N–H and O–H groups in total. The molecule has 15 heavy (non-hydrogen) atoms. The third-order valence-electron chi connectivity index (χ3n) is 2.37. The van der Waals surface area contributed by atoms with E-state index in [0.717, 1.165) is 17.0 Å². The van der Waals surface area contributed by atoms with Crippen LogP contribution in [0.1, 0.15) is 18.4 Å². The van der Waals surface area contributed by atoms with Crippen LogP contribution in [0.4, 0.5) is 4.39 Å². The predicted molar refractivity (Wildman–Crippen MR) is 57.2 cm³/mol. The van der Waals surface area contributed by atoms with E-state index >= 15 is 0 Å². The summed E-state index contributed by atoms with van der Waals surface area (Å²) in [7, 11) is 0. The van der Waals surface area contributed by atoms with Crippen molar-refractivity contribution in [2.24, 2.45) is 5.73 Å². The molecule has 2 rings (SSSR count). The van der Waals surface area contributed by atoms with E-state index in [1.54, 1.807) is 10.5 Å². The summed E-state index contributed by atoms with van der Waals surface area (Å²) in [6, 6.07) is 3.25. The lowest BCUT2D eigenvalue weighted by Crippen LogP contribution is -2.18. The predicted octanol–water partition coefficient (Wildman–Crippen LogP) is 1.67. The van der Waals surface area contributed by atoms with Gasteiger partial charge in [-0.3, -0.25) is 0 Å². The molecule has 0 spiro atoms. The maximum atomic E-state index is 13.0. The second-order valence-corrected chi connectivity index (χ2v) is 3.89. The largest absolute Gasteiger partial charge is 0.328 e. The van der Waals surface area contributed by atoms with Crippen molar-refractivity contribution in [2.75, 3.05) is 0 Å². The van der Waals surface area contributed by atoms with Crippen molar-refractivity contribution in [3.8, 4) is 0 Å². The van der Waals surface area contributed by atoms with Gasteiger partial charge >= 0.3 is 0 Å². The highest BCUT2D eigenvalue weighted by molar-refractivity contribution is 5.53. The molecule has 0 amide bonds. The summed E-state index contributed by atoms with van der Waals surface area (Å²) in [4.78, 5) is 4.39. The van der Waals surface area contributed by atoms with E-state index < -0.39 is 0 Å². The number of hydrogen-bond acceptors (Lipinski definition) is 2. The van der Waals surface area contributed by atoms with E-state index in [4.69, 9.17) is 5.73 Å². The molecule has 0 aliphatic carbocycles. The van der Waals surface area contributed by atoms with Crippen molar-refractivity contribution in [3.63, 3.8) is 0 Å². The molecular weight excluding hydrogens is 193 g/mol. The highest BCUT2D eigenvalue weighted by Gasteiger charge is 2.09. The first-order valence-electron chi connectivity index (χ1n) is 4.96. The van der Waals surface area contributed by atoms with E-state index in [9.17, 15) is 4.39 Å². The Morgan fingerprint density at radius 2 is 2.27 bits per heavy atom. The number of halogens is 1. The molecule has 4 heteroatoms. The van der Waals surface area contributed by atoms with E-state index in [2.05, 4.69) is 4.98 Å². The van der Waals surface area contributed by atoms with Crippen LogP contribution < -0.4 is 5.73 Å². The van der Waals surface area contributed by atoms with Gasteiger partial charge in [0.15, 0.2) is 0 Å². The maximum absolute atomic E-state index is 13.0. The lowest BCUT2D eigenvalue weighted by molar-refractivity contribution is 0.618. The third kappa shape index (κ3) is 1.85. The Morgan fingerprint density at radius 1 is 1.53 bits per heavy atom. The van der Waals surface area contributed by atoms with Gasteiger partial charge in [0.25, 0.3) is 0 Å². The number of aryl methyl sites for hydroxylation is 1. The smallest absolute Gasteiger partial charge is 0.139 e. The van der Waals surface area contributed by atoms with Crippen LogP contribution in [0.25, 0.3) is 5.52 Å². The summed E-state index contributed by atoms with van der Waals surface area (Å²) in [6.45, 7) is 3.79. The minimum absolute atomic E-state index is 0.0631. The first-order valence-corrected chi connectivity index (χ1v) is 4.96. The summed E-state index contributed by atoms with van der Waals surface area (Å²) >= 11 is 0. The average Bonchev–Trinajstić information content (AvgIpc) is 2.42. The Balaban J connectivity index is 2.57. The van der Waals surface area contributed by atoms with Gasteiger partial charge in [-0.15, -0.1) is 0 Å². The minimum Gasteiger partial charge on any atom is -0.328 e. The molecule has 0 saturated carbocycles. The topological polar surface area (TPSA) is 43.3 Å². The monoisotopic (exact) mass is 207 g/mol. The zero-order valence-electron chi connectivity index (χ0n) is 8.87. The van der Waals surface area contributed by atoms with Gasteiger partial charge in [-0.05, 0) is 26.0 Å². The first kappa shape index (κ1) is 10.1. The van der Waals surface area contributed by atoms with E-state index in [1.807, 2.05) is 13.8 Å². The van der Waals surface area contributed by atoms with Crippen LogP contribution in [0.3, 0.4) is 0 Å². The zero-order chi connectivity index (χ0) is 11.0. The van der Waals surface area contributed by atoms with Gasteiger partial charge in [0.05, 0.1) is 11.2 Å². The number of rotatable bonds is 2. The van der Waals surface area contributed by atoms with Gasteiger partial charge in [0.1, 0.15) is 11.6 Å². The van der Waals surface area contributed by atoms with Gasteiger partial charge in [-0.2, -0.15) is 0 Å². The van der Waals surface area contributed by atoms with Crippen molar-refractivity contribution in [1.29, 1.82) is 0 Å². The van der Waals surface area contributed by atoms with Crippen molar-refractivity contribution < 1.29 is 4.39 Å². The lowest BCUT2D eigenvalue weighted by atomic mass is 10.2. The highest BCUT2D eigenvalue weighted by atomic mass is 19.1. The van der Waals surface area contributed by atoms with Crippen LogP contribution in [0.15, 0.2) is 18.3 Å². The standard InChI is InChI=1S/C11H14FN3/c1-7(13)5-10-11-4-3-9(12)6-15(11)8(2)14-10/h3-4,6-7H,5,13H2,1-2H3. The van der Waals surface area contributed by atoms with Crippen LogP contribution in [-0.2, 0) is 6.42 Å². The SMILES string of the molecule is Cc1nc(CC(C)N)c2ccc(F)cn12. The number of fused-ring (bicyclic) bond motifs is 1. The van der Waals surface area contributed by atoms with Gasteiger partial charge in [-0.25, -0.2) is 9.37 Å². The summed E-state index contributed by atoms with van der Waals surface area (Å²) in [5.41, 5.74) is 7.60. The molecular formula is C11H14FN3. The number of imidazole rings is 1. The van der Waals surface area contributed by atoms with E-state index in [0.29, 0.717) is 6.42 Å². The molecule has 2 heterocycles. The molecule has 1 unspecified atom stereocenters. The number of pyridine rings is 1. The molecule has 2 aromatic rings. The number of nitrogens with zero attached hydrogens (tertiary/aromatic N) is 2. The van der Waals surface area contributed by atoms with Crippen molar-refractivity contribution in [3.05, 3.63) is 35.7 Å². The van der Waals surface area contributed by atoms with Crippen molar-refractivity contribution in [1.82, 2.24) is 9.38 Å². The van der Waals surface area contributed by atoms with Gasteiger partial charge in [0.2, 0.25) is 0 Å². The molecule has 0 aliphatic rings. The second kappa shape index (κ2) is 3.62. The van der Waals surface area contributed by atoms with Crippen LogP contribution in [-0.4, -0.2) is 15.4 Å². The Morgan fingerprint density at radius 3 is 2.93 bits per heavy atom. The normalized spacial score (nSPS) is 13.3. The Bertz CT molecular complexity index is 488. The molecule has 0 saturated heterocycles. The molecule has 0 fully saturated rings. The molecule has 80 valence electrons. The number of hydrogen-bond donors (Lipinski definition) is 1. The van der Waals surface area contributed by atoms with Crippen molar-refractivity contribution in [2.45, 2.75) is 26.3 Å². The quantitative estimate of drug-likeness (QED) is 0.814. The van der Waals surface area contributed by atoms with Crippen LogP contribution in [0, 0.1) is 12.7 Å². The fourth-order valence-corrected chi connectivity index (χ4v) is 1.74. The number of aromatic nitrogens is 2. The fourth-order valence-electron chi connectivity index (χ4n) is 1.74. The zero-order valence-corrected chi connectivity index (χ0v) is 8.87. The average molecular weight is 207 g/mol. The highest BCUT2D eigenvalue weighted by Crippen LogP contribution is 2.15. The number of nitrogens with two attached hydrogens (primary N) is 1. The molecule has 0 bridgehead atoms. The van der Waals surface area contributed by atoms with E-state index in [-0.39, 0.29) is 11.9 Å². The fraction of sp³-hybridized carbons (Fsp3) is 0.364. The minimum atomic E-state index is -0.254. The maximum Gasteiger partial charge on any atom is 0.139 e. The molecule has 3 nitrogen and oxygen atoms in total. The Labute approximate surface area is 87.7 Å². The summed E-state index contributed by atoms with van der Waals surface area (Å²) in [5, 5.41) is 0. The Kier molecular flexibility index (Phi) is 2.44. The Hall–Kier alpha value is -1.42. The van der Waals surface area contributed by atoms with Crippen LogP contribution in [0.5, 0.6) is 0 Å². The van der Waals surface area contributed by atoms with Gasteiger partial charge in [0, 0.05) is 18.7 Å². The summed E-state index contributed by atoms with van der Waals surface area (Å²) < 4.78 is 14.8. The van der Waals surface area contributed by atoms with Crippen LogP contribution in [0.2, 0.25) is 0 Å². The van der Waals surface area contributed by atoms with Crippen LogP contribution >= 0.6 is 0 Å². The third-order valence-corrected chi connectivity index (χ3v) is 2.37. The molecule has 0 radical (unpaired) electrons. The molecule has 1 atom stereocenters. The summed E-state index contributed by atoms with van der Waals surface area (Å²) in [5.74, 6) is 0.537. The molecule has 0 aliphatic heterocycles. The van der Waals surface area contributed by atoms with Gasteiger partial charge in [-0.1, -0.05) is 0 Å². The second-order valence-electron chi connectivity index (χ2n) is 3.89. The molecule has 2 aromatic heterocycles. The molecule has 0 aromatic carbocycles. The van der Waals surface area contributed by atoms with Crippen molar-refractivity contribution >= 4 is 5.52 Å².